The summed E-state index contributed by atoms with van der Waals surface area (Å²) in [7, 11) is 1.56. The van der Waals surface area contributed by atoms with Gasteiger partial charge in [-0.2, -0.15) is 0 Å². The summed E-state index contributed by atoms with van der Waals surface area (Å²) in [5, 5.41) is 6.58. The standard InChI is InChI=1S/C35H36F3N5O4/c1-18-11-21-5-8-25(18)19(2)17-47-35(46)42-23-6-9-26(28(20(3)44)14-31(37)38)22(12-23)16-43(4)34(45)32(21)41-24-7-10-27-29(13-24)30(36)15-40-33(27)39/h5-13,15,19,28,31-32,41H,14,16-17H2,1-4H3,(H2,39,40)(H,42,46)/t19-,28-,32+/m0/s1. The molecule has 3 atom stereocenters. The van der Waals surface area contributed by atoms with E-state index >= 15 is 0 Å². The number of hydrogen-bond donors (Lipinski definition) is 3. The molecular weight excluding hydrogens is 611 g/mol. The molecule has 4 aromatic rings. The van der Waals surface area contributed by atoms with Gasteiger partial charge in [-0.15, -0.1) is 0 Å². The van der Waals surface area contributed by atoms with Crippen molar-refractivity contribution in [3.8, 4) is 0 Å². The van der Waals surface area contributed by atoms with E-state index in [0.29, 0.717) is 33.5 Å². The van der Waals surface area contributed by atoms with Crippen LogP contribution in [0.3, 0.4) is 0 Å². The van der Waals surface area contributed by atoms with Crippen molar-refractivity contribution in [3.05, 3.63) is 94.4 Å². The average Bonchev–Trinajstić information content (AvgIpc) is 3.02. The zero-order chi connectivity index (χ0) is 34.0. The van der Waals surface area contributed by atoms with Crippen LogP contribution in [0.5, 0.6) is 0 Å². The number of benzene rings is 3. The number of carbonyl (C=O) groups excluding carboxylic acids is 3. The van der Waals surface area contributed by atoms with Crippen molar-refractivity contribution in [1.29, 1.82) is 0 Å². The normalized spacial score (nSPS) is 17.8. The molecule has 3 heterocycles. The van der Waals surface area contributed by atoms with E-state index in [1.165, 1.54) is 24.0 Å². The van der Waals surface area contributed by atoms with Gasteiger partial charge in [0.25, 0.3) is 0 Å². The van der Waals surface area contributed by atoms with Crippen molar-refractivity contribution in [2.45, 2.75) is 58.0 Å². The van der Waals surface area contributed by atoms with Gasteiger partial charge in [0.2, 0.25) is 12.3 Å². The number of likely N-dealkylation sites (N-methyl/N-ethyl adjacent to an activating group) is 1. The maximum atomic E-state index is 14.7. The summed E-state index contributed by atoms with van der Waals surface area (Å²) >= 11 is 0. The number of aromatic nitrogens is 1. The highest BCUT2D eigenvalue weighted by molar-refractivity contribution is 5.94. The molecule has 0 radical (unpaired) electrons. The number of ketones is 1. The maximum absolute atomic E-state index is 14.7. The summed E-state index contributed by atoms with van der Waals surface area (Å²) in [5.74, 6) is -2.55. The molecule has 0 spiro atoms. The number of nitrogens with one attached hydrogen (secondary N) is 2. The lowest BCUT2D eigenvalue weighted by Gasteiger charge is -2.28. The molecule has 0 saturated carbocycles. The first-order valence-electron chi connectivity index (χ1n) is 15.1. The van der Waals surface area contributed by atoms with Gasteiger partial charge < -0.3 is 20.7 Å². The molecule has 4 bridgehead atoms. The van der Waals surface area contributed by atoms with Crippen molar-refractivity contribution in [3.63, 3.8) is 0 Å². The van der Waals surface area contributed by atoms with Crippen molar-refractivity contribution in [1.82, 2.24) is 9.88 Å². The predicted octanol–water partition coefficient (Wildman–Crippen LogP) is 7.07. The molecule has 3 aromatic carbocycles. The number of nitrogens with zero attached hydrogens (tertiary/aromatic N) is 2. The Balaban J connectivity index is 1.60. The van der Waals surface area contributed by atoms with Gasteiger partial charge in [-0.3, -0.25) is 14.9 Å². The van der Waals surface area contributed by atoms with Crippen LogP contribution in [0, 0.1) is 12.7 Å². The Labute approximate surface area is 270 Å². The minimum Gasteiger partial charge on any atom is -0.449 e. The molecular formula is C35H36F3N5O4. The second-order valence-corrected chi connectivity index (χ2v) is 12.0. The molecule has 0 unspecified atom stereocenters. The van der Waals surface area contributed by atoms with Gasteiger partial charge in [-0.25, -0.2) is 22.9 Å². The zero-order valence-electron chi connectivity index (χ0n) is 26.4. The number of halogens is 3. The van der Waals surface area contributed by atoms with E-state index in [1.54, 1.807) is 37.4 Å². The van der Waals surface area contributed by atoms with Crippen molar-refractivity contribution in [2.75, 3.05) is 30.0 Å². The van der Waals surface area contributed by atoms with Crippen molar-refractivity contribution < 1.29 is 32.3 Å². The van der Waals surface area contributed by atoms with Crippen LogP contribution in [0.4, 0.5) is 35.2 Å². The van der Waals surface area contributed by atoms with E-state index in [0.717, 1.165) is 17.3 Å². The lowest BCUT2D eigenvalue weighted by Crippen LogP contribution is -2.35. The Bertz CT molecular complexity index is 1850. The number of alkyl halides is 2. The van der Waals surface area contributed by atoms with Gasteiger partial charge in [-0.05, 0) is 72.0 Å². The number of Topliss-reactive ketones (excluding diaryl/α,β-unsaturated/α-hetero) is 1. The Morgan fingerprint density at radius 3 is 2.60 bits per heavy atom. The molecule has 2 aliphatic heterocycles. The molecule has 0 aliphatic carbocycles. The minimum absolute atomic E-state index is 0.0712. The molecule has 9 nitrogen and oxygen atoms in total. The highest BCUT2D eigenvalue weighted by Gasteiger charge is 2.29. The monoisotopic (exact) mass is 647 g/mol. The number of ether oxygens (including phenoxy) is 1. The van der Waals surface area contributed by atoms with Crippen LogP contribution in [0.25, 0.3) is 10.8 Å². The van der Waals surface area contributed by atoms with Crippen LogP contribution in [0.1, 0.15) is 66.0 Å². The predicted molar refractivity (Wildman–Crippen MR) is 174 cm³/mol. The quantitative estimate of drug-likeness (QED) is 0.204. The molecule has 1 aromatic heterocycles. The van der Waals surface area contributed by atoms with E-state index in [1.807, 2.05) is 26.0 Å². The fraction of sp³-hybridized carbons (Fsp3) is 0.314. The first-order chi connectivity index (χ1) is 22.3. The fourth-order valence-electron chi connectivity index (χ4n) is 6.05. The first-order valence-corrected chi connectivity index (χ1v) is 15.1. The number of pyridine rings is 1. The van der Waals surface area contributed by atoms with E-state index in [4.69, 9.17) is 10.5 Å². The number of hydrogen-bond acceptors (Lipinski definition) is 7. The molecule has 6 rings (SSSR count). The largest absolute Gasteiger partial charge is 0.449 e. The summed E-state index contributed by atoms with van der Waals surface area (Å²) in [5.41, 5.74) is 9.84. The smallest absolute Gasteiger partial charge is 0.411 e. The minimum atomic E-state index is -2.74. The van der Waals surface area contributed by atoms with Crippen molar-refractivity contribution >= 4 is 45.7 Å². The van der Waals surface area contributed by atoms with Crippen LogP contribution < -0.4 is 16.4 Å². The molecule has 47 heavy (non-hydrogen) atoms. The average molecular weight is 648 g/mol. The maximum Gasteiger partial charge on any atom is 0.411 e. The van der Waals surface area contributed by atoms with Gasteiger partial charge in [-0.1, -0.05) is 31.2 Å². The summed E-state index contributed by atoms with van der Waals surface area (Å²) < 4.78 is 47.4. The molecule has 12 heteroatoms. The Morgan fingerprint density at radius 1 is 1.13 bits per heavy atom. The second-order valence-electron chi connectivity index (χ2n) is 12.0. The number of aryl methyl sites for hydroxylation is 1. The summed E-state index contributed by atoms with van der Waals surface area (Å²) in [4.78, 5) is 44.9. The van der Waals surface area contributed by atoms with Gasteiger partial charge in [0.1, 0.15) is 23.5 Å². The van der Waals surface area contributed by atoms with E-state index in [9.17, 15) is 27.6 Å². The first kappa shape index (κ1) is 33.2. The van der Waals surface area contributed by atoms with Crippen LogP contribution in [-0.4, -0.2) is 47.7 Å². The van der Waals surface area contributed by atoms with Crippen LogP contribution in [-0.2, 0) is 20.9 Å². The highest BCUT2D eigenvalue weighted by atomic mass is 19.3. The molecule has 0 fully saturated rings. The molecule has 2 aliphatic rings. The zero-order valence-corrected chi connectivity index (χ0v) is 26.4. The number of nitrogens with two attached hydrogens (primary N) is 1. The number of fused-ring (bicyclic) bond motifs is 10. The molecule has 246 valence electrons. The SMILES string of the molecule is CC(=O)[C@H](CC(F)F)c1ccc2cc1CN(C)C(=O)[C@H](Nc1ccc3c(N)ncc(F)c3c1)c1ccc(c(C)c1)[C@@H](C)COC(=O)N2. The van der Waals surface area contributed by atoms with E-state index in [2.05, 4.69) is 15.6 Å². The third-order valence-electron chi connectivity index (χ3n) is 8.50. The summed E-state index contributed by atoms with van der Waals surface area (Å²) in [6, 6.07) is 14.0. The fourth-order valence-corrected chi connectivity index (χ4v) is 6.05. The summed E-state index contributed by atoms with van der Waals surface area (Å²) in [6.07, 6.45) is -3.10. The second kappa shape index (κ2) is 13.7. The number of amides is 2. The van der Waals surface area contributed by atoms with Gasteiger partial charge >= 0.3 is 6.09 Å². The topological polar surface area (TPSA) is 127 Å². The van der Waals surface area contributed by atoms with Gasteiger partial charge in [0, 0.05) is 54.0 Å². The highest BCUT2D eigenvalue weighted by Crippen LogP contribution is 2.33. The molecule has 4 N–H and O–H groups in total. The van der Waals surface area contributed by atoms with Crippen LogP contribution >= 0.6 is 0 Å². The number of carbonyl (C=O) groups is 3. The number of rotatable bonds is 6. The third-order valence-corrected chi connectivity index (χ3v) is 8.50. The Kier molecular flexibility index (Phi) is 9.69. The Morgan fingerprint density at radius 2 is 1.89 bits per heavy atom. The Hall–Kier alpha value is -5.13. The third kappa shape index (κ3) is 7.32. The number of anilines is 3. The van der Waals surface area contributed by atoms with Crippen LogP contribution in [0.2, 0.25) is 0 Å². The lowest BCUT2D eigenvalue weighted by atomic mass is 9.88. The number of nitrogen functional groups attached to an aromatic ring is 1. The summed E-state index contributed by atoms with van der Waals surface area (Å²) in [6.45, 7) is 5.05. The van der Waals surface area contributed by atoms with Gasteiger partial charge in [0.05, 0.1) is 12.8 Å². The molecule has 2 amide bonds. The van der Waals surface area contributed by atoms with Gasteiger partial charge in [0.15, 0.2) is 0 Å². The van der Waals surface area contributed by atoms with E-state index < -0.39 is 42.5 Å². The molecule has 0 saturated heterocycles. The van der Waals surface area contributed by atoms with Crippen molar-refractivity contribution in [2.24, 2.45) is 0 Å². The lowest BCUT2D eigenvalue weighted by molar-refractivity contribution is -0.131. The van der Waals surface area contributed by atoms with Crippen LogP contribution in [0.15, 0.2) is 60.8 Å². The van der Waals surface area contributed by atoms with E-state index in [-0.39, 0.29) is 36.2 Å².